The van der Waals surface area contributed by atoms with Gasteiger partial charge < -0.3 is 19.5 Å². The summed E-state index contributed by atoms with van der Waals surface area (Å²) in [5.74, 6) is 1.83. The van der Waals surface area contributed by atoms with Gasteiger partial charge in [0.05, 0.1) is 39.9 Å². The van der Waals surface area contributed by atoms with Gasteiger partial charge in [0, 0.05) is 31.7 Å². The summed E-state index contributed by atoms with van der Waals surface area (Å²) in [6, 6.07) is 6.11. The second-order valence-corrected chi connectivity index (χ2v) is 5.09. The number of nitrogens with zero attached hydrogens (tertiary/aromatic N) is 2. The Labute approximate surface area is 131 Å². The Morgan fingerprint density at radius 2 is 1.82 bits per heavy atom. The van der Waals surface area contributed by atoms with E-state index in [1.807, 2.05) is 12.1 Å². The maximum Gasteiger partial charge on any atom is 0.203 e. The van der Waals surface area contributed by atoms with Gasteiger partial charge in [-0.15, -0.1) is 0 Å². The number of rotatable bonds is 6. The first-order chi connectivity index (χ1) is 10.8. The number of nitrogens with one attached hydrogen (secondary N) is 1. The molecule has 0 radical (unpaired) electrons. The minimum atomic E-state index is -0.0122. The molecule has 1 aliphatic heterocycles. The fourth-order valence-electron chi connectivity index (χ4n) is 2.90. The standard InChI is InChI=1S/C16H23N3O3/c1-20-14-5-4-12(15(21-2)16(14)22-3)13(6-7-17)19-10-8-18-9-11-19/h4-5,13,18H,6,8-11H2,1-3H3/t13-/m0/s1. The first-order valence-electron chi connectivity index (χ1n) is 7.37. The molecule has 0 aliphatic carbocycles. The lowest BCUT2D eigenvalue weighted by molar-refractivity contribution is 0.172. The van der Waals surface area contributed by atoms with E-state index in [0.29, 0.717) is 23.7 Å². The van der Waals surface area contributed by atoms with E-state index in [4.69, 9.17) is 14.2 Å². The lowest BCUT2D eigenvalue weighted by Crippen LogP contribution is -2.45. The van der Waals surface area contributed by atoms with Gasteiger partial charge in [-0.2, -0.15) is 5.26 Å². The van der Waals surface area contributed by atoms with Crippen molar-refractivity contribution in [3.05, 3.63) is 17.7 Å². The molecule has 6 nitrogen and oxygen atoms in total. The van der Waals surface area contributed by atoms with E-state index in [2.05, 4.69) is 16.3 Å². The van der Waals surface area contributed by atoms with Gasteiger partial charge >= 0.3 is 0 Å². The highest BCUT2D eigenvalue weighted by molar-refractivity contribution is 5.56. The summed E-state index contributed by atoms with van der Waals surface area (Å²) in [4.78, 5) is 2.31. The molecular weight excluding hydrogens is 282 g/mol. The van der Waals surface area contributed by atoms with Crippen LogP contribution in [0.3, 0.4) is 0 Å². The van der Waals surface area contributed by atoms with Crippen LogP contribution in [0.4, 0.5) is 0 Å². The molecule has 0 bridgehead atoms. The highest BCUT2D eigenvalue weighted by Crippen LogP contribution is 2.44. The summed E-state index contributed by atoms with van der Waals surface area (Å²) in [6.45, 7) is 3.67. The lowest BCUT2D eigenvalue weighted by atomic mass is 9.99. The molecule has 6 heteroatoms. The number of hydrogen-bond acceptors (Lipinski definition) is 6. The highest BCUT2D eigenvalue weighted by Gasteiger charge is 2.27. The normalized spacial score (nSPS) is 16.6. The summed E-state index contributed by atoms with van der Waals surface area (Å²) in [7, 11) is 4.80. The van der Waals surface area contributed by atoms with Crippen LogP contribution in [0.15, 0.2) is 12.1 Å². The van der Waals surface area contributed by atoms with Crippen molar-refractivity contribution in [3.63, 3.8) is 0 Å². The summed E-state index contributed by atoms with van der Waals surface area (Å²) < 4.78 is 16.3. The van der Waals surface area contributed by atoms with Crippen LogP contribution < -0.4 is 19.5 Å². The van der Waals surface area contributed by atoms with Gasteiger partial charge in [-0.25, -0.2) is 0 Å². The van der Waals surface area contributed by atoms with Crippen LogP contribution in [0.1, 0.15) is 18.0 Å². The third-order valence-corrected chi connectivity index (χ3v) is 3.97. The third kappa shape index (κ3) is 3.26. The smallest absolute Gasteiger partial charge is 0.203 e. The van der Waals surface area contributed by atoms with E-state index in [0.717, 1.165) is 31.7 Å². The Kier molecular flexibility index (Phi) is 5.87. The maximum absolute atomic E-state index is 9.23. The van der Waals surface area contributed by atoms with Crippen LogP contribution in [0, 0.1) is 11.3 Å². The fourth-order valence-corrected chi connectivity index (χ4v) is 2.90. The highest BCUT2D eigenvalue weighted by atomic mass is 16.5. The summed E-state index contributed by atoms with van der Waals surface area (Å²) >= 11 is 0. The van der Waals surface area contributed by atoms with Crippen LogP contribution in [-0.4, -0.2) is 52.4 Å². The van der Waals surface area contributed by atoms with Crippen LogP contribution in [-0.2, 0) is 0 Å². The van der Waals surface area contributed by atoms with Crippen molar-refractivity contribution in [3.8, 4) is 23.3 Å². The maximum atomic E-state index is 9.23. The van der Waals surface area contributed by atoms with Crippen LogP contribution in [0.25, 0.3) is 0 Å². The number of piperazine rings is 1. The fraction of sp³-hybridized carbons (Fsp3) is 0.562. The molecule has 2 rings (SSSR count). The monoisotopic (exact) mass is 305 g/mol. The van der Waals surface area contributed by atoms with Gasteiger partial charge in [0.1, 0.15) is 0 Å². The van der Waals surface area contributed by atoms with Gasteiger partial charge in [-0.3, -0.25) is 4.90 Å². The number of hydrogen-bond donors (Lipinski definition) is 1. The lowest BCUT2D eigenvalue weighted by Gasteiger charge is -2.35. The van der Waals surface area contributed by atoms with Crippen molar-refractivity contribution in [2.45, 2.75) is 12.5 Å². The summed E-state index contributed by atoms with van der Waals surface area (Å²) in [5.41, 5.74) is 0.962. The Bertz CT molecular complexity index is 536. The van der Waals surface area contributed by atoms with E-state index in [-0.39, 0.29) is 6.04 Å². The first-order valence-corrected chi connectivity index (χ1v) is 7.37. The molecule has 22 heavy (non-hydrogen) atoms. The largest absolute Gasteiger partial charge is 0.493 e. The zero-order valence-electron chi connectivity index (χ0n) is 13.4. The van der Waals surface area contributed by atoms with E-state index in [1.54, 1.807) is 21.3 Å². The van der Waals surface area contributed by atoms with E-state index in [9.17, 15) is 5.26 Å². The Morgan fingerprint density at radius 1 is 1.14 bits per heavy atom. The molecule has 1 aromatic rings. The van der Waals surface area contributed by atoms with Crippen molar-refractivity contribution in [2.75, 3.05) is 47.5 Å². The molecule has 0 aromatic heterocycles. The Hall–Kier alpha value is -1.97. The van der Waals surface area contributed by atoms with Crippen molar-refractivity contribution >= 4 is 0 Å². The topological polar surface area (TPSA) is 66.8 Å². The minimum absolute atomic E-state index is 0.0122. The molecule has 1 saturated heterocycles. The molecule has 1 atom stereocenters. The van der Waals surface area contributed by atoms with Crippen molar-refractivity contribution in [1.29, 1.82) is 5.26 Å². The third-order valence-electron chi connectivity index (χ3n) is 3.97. The molecule has 1 aromatic carbocycles. The van der Waals surface area contributed by atoms with Crippen molar-refractivity contribution < 1.29 is 14.2 Å². The summed E-state index contributed by atoms with van der Waals surface area (Å²) in [5, 5.41) is 12.6. The molecule has 1 fully saturated rings. The van der Waals surface area contributed by atoms with Crippen molar-refractivity contribution in [1.82, 2.24) is 10.2 Å². The van der Waals surface area contributed by atoms with Gasteiger partial charge in [0.15, 0.2) is 11.5 Å². The zero-order valence-corrected chi connectivity index (χ0v) is 13.4. The molecule has 0 saturated carbocycles. The number of nitriles is 1. The minimum Gasteiger partial charge on any atom is -0.493 e. The molecule has 1 N–H and O–H groups in total. The molecule has 1 aliphatic rings. The number of methoxy groups -OCH3 is 3. The van der Waals surface area contributed by atoms with Crippen LogP contribution in [0.2, 0.25) is 0 Å². The Balaban J connectivity index is 2.44. The van der Waals surface area contributed by atoms with Crippen molar-refractivity contribution in [2.24, 2.45) is 0 Å². The molecule has 0 unspecified atom stereocenters. The molecule has 1 heterocycles. The molecule has 120 valence electrons. The van der Waals surface area contributed by atoms with E-state index >= 15 is 0 Å². The van der Waals surface area contributed by atoms with Gasteiger partial charge in [0.25, 0.3) is 0 Å². The summed E-state index contributed by atoms with van der Waals surface area (Å²) in [6.07, 6.45) is 0.409. The first kappa shape index (κ1) is 16.4. The van der Waals surface area contributed by atoms with Gasteiger partial charge in [0.2, 0.25) is 5.75 Å². The predicted molar refractivity (Wildman–Crippen MR) is 83.5 cm³/mol. The molecular formula is C16H23N3O3. The van der Waals surface area contributed by atoms with Gasteiger partial charge in [-0.1, -0.05) is 0 Å². The SMILES string of the molecule is COc1ccc([C@H](CC#N)N2CCNCC2)c(OC)c1OC. The predicted octanol–water partition coefficient (Wildman–Crippen LogP) is 1.57. The molecule has 0 amide bonds. The quantitative estimate of drug-likeness (QED) is 0.860. The average Bonchev–Trinajstić information content (AvgIpc) is 2.59. The number of ether oxygens (including phenoxy) is 3. The van der Waals surface area contributed by atoms with Crippen LogP contribution in [0.5, 0.6) is 17.2 Å². The average molecular weight is 305 g/mol. The number of benzene rings is 1. The second kappa shape index (κ2) is 7.87. The van der Waals surface area contributed by atoms with Gasteiger partial charge in [-0.05, 0) is 12.1 Å². The van der Waals surface area contributed by atoms with Crippen LogP contribution >= 0.6 is 0 Å². The van der Waals surface area contributed by atoms with E-state index in [1.165, 1.54) is 0 Å². The van der Waals surface area contributed by atoms with E-state index < -0.39 is 0 Å². The Morgan fingerprint density at radius 3 is 2.36 bits per heavy atom. The molecule has 0 spiro atoms. The zero-order chi connectivity index (χ0) is 15.9. The second-order valence-electron chi connectivity index (χ2n) is 5.09.